The quantitative estimate of drug-likeness (QED) is 0.619. The lowest BCUT2D eigenvalue weighted by atomic mass is 9.91. The number of carbonyl (C=O) groups excluding carboxylic acids is 1. The molecule has 0 aliphatic heterocycles. The molecule has 0 radical (unpaired) electrons. The van der Waals surface area contributed by atoms with Crippen LogP contribution in [0.4, 0.5) is 0 Å². The first kappa shape index (κ1) is 21.2. The lowest BCUT2D eigenvalue weighted by Gasteiger charge is -2.19. The van der Waals surface area contributed by atoms with Crippen molar-refractivity contribution < 1.29 is 9.90 Å². The Morgan fingerprint density at radius 2 is 1.87 bits per heavy atom. The fraction of sp³-hybridized carbons (Fsp3) is 0.346. The molecule has 31 heavy (non-hydrogen) atoms. The normalized spacial score (nSPS) is 19.2. The highest BCUT2D eigenvalue weighted by Crippen LogP contribution is 2.40. The second-order valence-corrected chi connectivity index (χ2v) is 8.55. The highest BCUT2D eigenvalue weighted by molar-refractivity contribution is 5.94. The Morgan fingerprint density at radius 3 is 2.58 bits per heavy atom. The Balaban J connectivity index is 1.31. The number of hydrogen-bond acceptors (Lipinski definition) is 4. The van der Waals surface area contributed by atoms with E-state index < -0.39 is 0 Å². The van der Waals surface area contributed by atoms with E-state index in [2.05, 4.69) is 22.1 Å². The van der Waals surface area contributed by atoms with Crippen molar-refractivity contribution in [3.05, 3.63) is 95.6 Å². The highest BCUT2D eigenvalue weighted by atomic mass is 16.3. The molecule has 1 aliphatic carbocycles. The molecule has 3 atom stereocenters. The van der Waals surface area contributed by atoms with E-state index in [1.54, 1.807) is 30.5 Å². The number of nitrogens with zero attached hydrogens (tertiary/aromatic N) is 3. The summed E-state index contributed by atoms with van der Waals surface area (Å²) >= 11 is 0. The molecule has 160 valence electrons. The van der Waals surface area contributed by atoms with Gasteiger partial charge in [-0.2, -0.15) is 0 Å². The van der Waals surface area contributed by atoms with E-state index in [9.17, 15) is 9.90 Å². The van der Waals surface area contributed by atoms with Crippen LogP contribution < -0.4 is 0 Å². The number of amides is 1. The van der Waals surface area contributed by atoms with E-state index in [-0.39, 0.29) is 12.0 Å². The molecular formula is C26H29N3O2. The van der Waals surface area contributed by atoms with Crippen LogP contribution in [0.1, 0.15) is 52.5 Å². The zero-order valence-corrected chi connectivity index (χ0v) is 17.9. The predicted molar refractivity (Wildman–Crippen MR) is 120 cm³/mol. The van der Waals surface area contributed by atoms with Crippen LogP contribution in [0.25, 0.3) is 0 Å². The summed E-state index contributed by atoms with van der Waals surface area (Å²) in [5.74, 6) is 0.872. The summed E-state index contributed by atoms with van der Waals surface area (Å²) in [5, 5.41) is 10.7. The van der Waals surface area contributed by atoms with Crippen LogP contribution in [-0.2, 0) is 13.0 Å². The molecule has 4 rings (SSSR count). The molecule has 1 saturated carbocycles. The summed E-state index contributed by atoms with van der Waals surface area (Å²) in [4.78, 5) is 22.6. The maximum absolute atomic E-state index is 12.7. The fourth-order valence-corrected chi connectivity index (χ4v) is 4.57. The zero-order chi connectivity index (χ0) is 21.6. The Hall–Kier alpha value is -3.05. The molecule has 0 spiro atoms. The van der Waals surface area contributed by atoms with E-state index in [4.69, 9.17) is 0 Å². The largest absolute Gasteiger partial charge is 0.388 e. The smallest absolute Gasteiger partial charge is 0.253 e. The summed E-state index contributed by atoms with van der Waals surface area (Å²) in [6.45, 7) is 0.432. The molecule has 1 aliphatic rings. The second-order valence-electron chi connectivity index (χ2n) is 8.55. The Kier molecular flexibility index (Phi) is 6.73. The van der Waals surface area contributed by atoms with Crippen molar-refractivity contribution in [3.63, 3.8) is 0 Å². The van der Waals surface area contributed by atoms with Crippen LogP contribution in [0, 0.1) is 11.8 Å². The van der Waals surface area contributed by atoms with E-state index in [1.807, 2.05) is 42.5 Å². The van der Waals surface area contributed by atoms with Gasteiger partial charge in [0, 0.05) is 25.0 Å². The van der Waals surface area contributed by atoms with Gasteiger partial charge >= 0.3 is 0 Å². The number of benzene rings is 2. The third-order valence-corrected chi connectivity index (χ3v) is 6.26. The summed E-state index contributed by atoms with van der Waals surface area (Å²) in [7, 11) is 1.78. The van der Waals surface area contributed by atoms with Crippen LogP contribution in [0.2, 0.25) is 0 Å². The van der Waals surface area contributed by atoms with Gasteiger partial charge < -0.3 is 10.0 Å². The third kappa shape index (κ3) is 5.36. The molecule has 1 heterocycles. The predicted octanol–water partition coefficient (Wildman–Crippen LogP) is 4.44. The van der Waals surface area contributed by atoms with Crippen LogP contribution in [0.3, 0.4) is 0 Å². The average molecular weight is 416 g/mol. The van der Waals surface area contributed by atoms with Crippen LogP contribution in [0.5, 0.6) is 0 Å². The third-order valence-electron chi connectivity index (χ3n) is 6.26. The number of hydrogen-bond donors (Lipinski definition) is 1. The Morgan fingerprint density at radius 1 is 1.10 bits per heavy atom. The lowest BCUT2D eigenvalue weighted by Crippen LogP contribution is -2.26. The van der Waals surface area contributed by atoms with Gasteiger partial charge in [0.2, 0.25) is 0 Å². The molecule has 1 amide bonds. The van der Waals surface area contributed by atoms with E-state index in [1.165, 1.54) is 5.56 Å². The standard InChI is InChI=1S/C26H29N3O2/c1-29(18-24-17-27-13-14-28-24)26(31)22-10-7-19(8-11-22)15-20-9-12-23(16-20)25(30)21-5-3-2-4-6-21/h2-8,10-11,13-14,17,20,23,25,30H,9,12,15-16,18H2,1H3/t20-,23-,25+/m0/s1. The molecular weight excluding hydrogens is 386 g/mol. The minimum absolute atomic E-state index is 0.0240. The monoisotopic (exact) mass is 415 g/mol. The minimum atomic E-state index is -0.379. The topological polar surface area (TPSA) is 66.3 Å². The Labute approximate surface area is 183 Å². The molecule has 0 unspecified atom stereocenters. The van der Waals surface area contributed by atoms with Crippen molar-refractivity contribution in [2.45, 2.75) is 38.3 Å². The van der Waals surface area contributed by atoms with Gasteiger partial charge in [-0.3, -0.25) is 14.8 Å². The first-order valence-corrected chi connectivity index (χ1v) is 10.9. The summed E-state index contributed by atoms with van der Waals surface area (Å²) in [6, 6.07) is 17.9. The molecule has 1 fully saturated rings. The number of aromatic nitrogens is 2. The van der Waals surface area contributed by atoms with Gasteiger partial charge in [0.05, 0.1) is 24.5 Å². The van der Waals surface area contributed by atoms with Gasteiger partial charge in [0.1, 0.15) is 0 Å². The summed E-state index contributed by atoms with van der Waals surface area (Å²) in [6.07, 6.45) is 8.78. The van der Waals surface area contributed by atoms with Crippen molar-refractivity contribution in [1.82, 2.24) is 14.9 Å². The Bertz CT molecular complexity index is 977. The van der Waals surface area contributed by atoms with Crippen molar-refractivity contribution in [2.75, 3.05) is 7.05 Å². The summed E-state index contributed by atoms with van der Waals surface area (Å²) in [5.41, 5.74) is 3.71. The van der Waals surface area contributed by atoms with E-state index in [0.717, 1.165) is 36.9 Å². The lowest BCUT2D eigenvalue weighted by molar-refractivity contribution is 0.0783. The molecule has 2 aromatic carbocycles. The van der Waals surface area contributed by atoms with Gasteiger partial charge in [-0.15, -0.1) is 0 Å². The van der Waals surface area contributed by atoms with Crippen molar-refractivity contribution >= 4 is 5.91 Å². The molecule has 1 aromatic heterocycles. The number of rotatable bonds is 7. The molecule has 5 nitrogen and oxygen atoms in total. The summed E-state index contributed by atoms with van der Waals surface area (Å²) < 4.78 is 0. The average Bonchev–Trinajstić information content (AvgIpc) is 3.28. The van der Waals surface area contributed by atoms with Gasteiger partial charge in [-0.05, 0) is 60.8 Å². The van der Waals surface area contributed by atoms with E-state index in [0.29, 0.717) is 23.9 Å². The van der Waals surface area contributed by atoms with Gasteiger partial charge in [-0.25, -0.2) is 0 Å². The maximum atomic E-state index is 12.7. The first-order chi connectivity index (χ1) is 15.1. The van der Waals surface area contributed by atoms with Gasteiger partial charge in [0.25, 0.3) is 5.91 Å². The molecule has 0 bridgehead atoms. The minimum Gasteiger partial charge on any atom is -0.388 e. The van der Waals surface area contributed by atoms with Crippen molar-refractivity contribution in [2.24, 2.45) is 11.8 Å². The van der Waals surface area contributed by atoms with Crippen molar-refractivity contribution in [1.29, 1.82) is 0 Å². The number of carbonyl (C=O) groups is 1. The van der Waals surface area contributed by atoms with Crippen LogP contribution in [-0.4, -0.2) is 32.9 Å². The zero-order valence-electron chi connectivity index (χ0n) is 17.9. The van der Waals surface area contributed by atoms with Gasteiger partial charge in [-0.1, -0.05) is 42.5 Å². The number of aliphatic hydroxyl groups is 1. The fourth-order valence-electron chi connectivity index (χ4n) is 4.57. The molecule has 1 N–H and O–H groups in total. The molecule has 3 aromatic rings. The van der Waals surface area contributed by atoms with Crippen molar-refractivity contribution in [3.8, 4) is 0 Å². The van der Waals surface area contributed by atoms with Gasteiger partial charge in [0.15, 0.2) is 0 Å². The highest BCUT2D eigenvalue weighted by Gasteiger charge is 2.30. The second kappa shape index (κ2) is 9.84. The molecule has 5 heteroatoms. The van der Waals surface area contributed by atoms with Crippen LogP contribution >= 0.6 is 0 Å². The first-order valence-electron chi connectivity index (χ1n) is 10.9. The molecule has 0 saturated heterocycles. The van der Waals surface area contributed by atoms with Crippen LogP contribution in [0.15, 0.2) is 73.2 Å². The van der Waals surface area contributed by atoms with E-state index >= 15 is 0 Å². The number of aliphatic hydroxyl groups excluding tert-OH is 1. The SMILES string of the molecule is CN(Cc1cnccn1)C(=O)c1ccc(C[C@@H]2CC[C@H]([C@H](O)c3ccccc3)C2)cc1. The maximum Gasteiger partial charge on any atom is 0.253 e.